The van der Waals surface area contributed by atoms with Crippen molar-refractivity contribution in [1.29, 1.82) is 0 Å². The first-order chi connectivity index (χ1) is 12.8. The van der Waals surface area contributed by atoms with E-state index in [2.05, 4.69) is 15.5 Å². The van der Waals surface area contributed by atoms with Crippen LogP contribution in [0.15, 0.2) is 47.3 Å². The van der Waals surface area contributed by atoms with E-state index in [0.29, 0.717) is 22.5 Å². The Kier molecular flexibility index (Phi) is 4.85. The lowest BCUT2D eigenvalue weighted by Crippen LogP contribution is -2.27. The molecule has 0 saturated heterocycles. The topological polar surface area (TPSA) is 93.3 Å². The summed E-state index contributed by atoms with van der Waals surface area (Å²) >= 11 is 0. The highest BCUT2D eigenvalue weighted by molar-refractivity contribution is 5.95. The molecule has 1 amide bonds. The first-order valence-electron chi connectivity index (χ1n) is 8.44. The largest absolute Gasteiger partial charge is 0.495 e. The van der Waals surface area contributed by atoms with Crippen molar-refractivity contribution in [1.82, 2.24) is 10.2 Å². The molecule has 0 spiro atoms. The summed E-state index contributed by atoms with van der Waals surface area (Å²) in [6, 6.07) is 12.5. The molecule has 140 valence electrons. The number of fused-ring (bicyclic) bond motifs is 1. The number of carbonyl (C=O) groups excluding carboxylic acids is 1. The zero-order valence-corrected chi connectivity index (χ0v) is 15.6. The van der Waals surface area contributed by atoms with Gasteiger partial charge in [-0.1, -0.05) is 24.3 Å². The first kappa shape index (κ1) is 18.4. The fourth-order valence-corrected chi connectivity index (χ4v) is 2.69. The monoisotopic (exact) mass is 367 g/mol. The Morgan fingerprint density at radius 1 is 1.11 bits per heavy atom. The molecule has 0 aliphatic rings. The number of nitrogens with one attached hydrogen (secondary N) is 2. The van der Waals surface area contributed by atoms with E-state index >= 15 is 0 Å². The summed E-state index contributed by atoms with van der Waals surface area (Å²) < 4.78 is 10.7. The Morgan fingerprint density at radius 2 is 1.81 bits per heavy atom. The van der Waals surface area contributed by atoms with E-state index in [4.69, 9.17) is 9.47 Å². The standard InChI is InChI=1S/C20H21N3O4/c1-20(2,3)27-19(25)21-15-10-9-12(11-16(15)26-4)17-13-7-5-6-8-14(13)18(24)23-22-17/h5-11H,1-4H3,(H,21,25)(H,23,24). The predicted octanol–water partition coefficient (Wildman–Crippen LogP) is 3.95. The van der Waals surface area contributed by atoms with Crippen molar-refractivity contribution in [3.8, 4) is 17.0 Å². The van der Waals surface area contributed by atoms with Crippen LogP contribution in [-0.4, -0.2) is 29.0 Å². The van der Waals surface area contributed by atoms with Crippen molar-refractivity contribution in [3.63, 3.8) is 0 Å². The molecule has 2 aromatic carbocycles. The number of hydrogen-bond donors (Lipinski definition) is 2. The van der Waals surface area contributed by atoms with Crippen LogP contribution in [0, 0.1) is 0 Å². The van der Waals surface area contributed by atoms with Crippen LogP contribution < -0.4 is 15.6 Å². The summed E-state index contributed by atoms with van der Waals surface area (Å²) in [5.74, 6) is 0.454. The van der Waals surface area contributed by atoms with E-state index in [-0.39, 0.29) is 5.56 Å². The number of aromatic amines is 1. The number of benzene rings is 2. The van der Waals surface area contributed by atoms with Gasteiger partial charge >= 0.3 is 6.09 Å². The predicted molar refractivity (Wildman–Crippen MR) is 104 cm³/mol. The van der Waals surface area contributed by atoms with Crippen LogP contribution in [0.1, 0.15) is 20.8 Å². The molecular formula is C20H21N3O4. The van der Waals surface area contributed by atoms with Gasteiger partial charge in [-0.15, -0.1) is 0 Å². The lowest BCUT2D eigenvalue weighted by Gasteiger charge is -2.20. The van der Waals surface area contributed by atoms with Crippen LogP contribution in [0.2, 0.25) is 0 Å². The number of ether oxygens (including phenoxy) is 2. The molecule has 1 aromatic heterocycles. The average Bonchev–Trinajstić information content (AvgIpc) is 2.61. The van der Waals surface area contributed by atoms with Gasteiger partial charge in [0.15, 0.2) is 0 Å². The molecule has 0 bridgehead atoms. The third-order valence-corrected chi connectivity index (χ3v) is 3.81. The number of H-pyrrole nitrogens is 1. The van der Waals surface area contributed by atoms with E-state index in [1.54, 1.807) is 51.1 Å². The molecule has 27 heavy (non-hydrogen) atoms. The second-order valence-corrected chi connectivity index (χ2v) is 6.99. The Balaban J connectivity index is 1.99. The molecule has 0 aliphatic carbocycles. The van der Waals surface area contributed by atoms with Crippen LogP contribution in [-0.2, 0) is 4.74 Å². The quantitative estimate of drug-likeness (QED) is 0.731. The lowest BCUT2D eigenvalue weighted by atomic mass is 10.0. The Labute approximate surface area is 156 Å². The van der Waals surface area contributed by atoms with Crippen molar-refractivity contribution in [2.45, 2.75) is 26.4 Å². The third kappa shape index (κ3) is 4.08. The molecule has 0 saturated carbocycles. The van der Waals surface area contributed by atoms with E-state index in [1.165, 1.54) is 7.11 Å². The zero-order chi connectivity index (χ0) is 19.6. The van der Waals surface area contributed by atoms with Crippen molar-refractivity contribution >= 4 is 22.6 Å². The molecular weight excluding hydrogens is 346 g/mol. The molecule has 0 radical (unpaired) electrons. The second kappa shape index (κ2) is 7.11. The van der Waals surface area contributed by atoms with Crippen LogP contribution >= 0.6 is 0 Å². The molecule has 7 nitrogen and oxygen atoms in total. The van der Waals surface area contributed by atoms with Crippen molar-refractivity contribution in [3.05, 3.63) is 52.8 Å². The van der Waals surface area contributed by atoms with Gasteiger partial charge in [0.25, 0.3) is 5.56 Å². The highest BCUT2D eigenvalue weighted by Crippen LogP contribution is 2.32. The van der Waals surface area contributed by atoms with Crippen LogP contribution in [0.25, 0.3) is 22.0 Å². The summed E-state index contributed by atoms with van der Waals surface area (Å²) in [4.78, 5) is 24.0. The molecule has 0 aliphatic heterocycles. The minimum Gasteiger partial charge on any atom is -0.495 e. The van der Waals surface area contributed by atoms with E-state index in [9.17, 15) is 9.59 Å². The SMILES string of the molecule is COc1cc(-c2n[nH]c(=O)c3ccccc23)ccc1NC(=O)OC(C)(C)C. The number of methoxy groups -OCH3 is 1. The summed E-state index contributed by atoms with van der Waals surface area (Å²) in [5, 5.41) is 10.7. The van der Waals surface area contributed by atoms with Crippen molar-refractivity contribution in [2.24, 2.45) is 0 Å². The number of anilines is 1. The van der Waals surface area contributed by atoms with Crippen LogP contribution in [0.5, 0.6) is 5.75 Å². The van der Waals surface area contributed by atoms with Crippen molar-refractivity contribution in [2.75, 3.05) is 12.4 Å². The number of aromatic nitrogens is 2. The van der Waals surface area contributed by atoms with E-state index < -0.39 is 11.7 Å². The normalized spacial score (nSPS) is 11.3. The zero-order valence-electron chi connectivity index (χ0n) is 15.6. The number of hydrogen-bond acceptors (Lipinski definition) is 5. The van der Waals surface area contributed by atoms with Gasteiger partial charge in [-0.25, -0.2) is 9.89 Å². The van der Waals surface area contributed by atoms with Gasteiger partial charge in [0.1, 0.15) is 11.4 Å². The maximum absolute atomic E-state index is 12.0. The van der Waals surface area contributed by atoms with Gasteiger partial charge in [-0.2, -0.15) is 5.10 Å². The fourth-order valence-electron chi connectivity index (χ4n) is 2.69. The third-order valence-electron chi connectivity index (χ3n) is 3.81. The average molecular weight is 367 g/mol. The molecule has 3 rings (SSSR count). The molecule has 0 atom stereocenters. The van der Waals surface area contributed by atoms with Crippen LogP contribution in [0.3, 0.4) is 0 Å². The Hall–Kier alpha value is -3.35. The van der Waals surface area contributed by atoms with E-state index in [0.717, 1.165) is 10.9 Å². The summed E-state index contributed by atoms with van der Waals surface area (Å²) in [6.45, 7) is 5.37. The van der Waals surface area contributed by atoms with Gasteiger partial charge in [0.2, 0.25) is 0 Å². The lowest BCUT2D eigenvalue weighted by molar-refractivity contribution is 0.0635. The maximum atomic E-state index is 12.0. The number of carbonyl (C=O) groups is 1. The summed E-state index contributed by atoms with van der Waals surface area (Å²) in [6.07, 6.45) is -0.568. The van der Waals surface area contributed by atoms with Gasteiger partial charge in [0, 0.05) is 10.9 Å². The molecule has 7 heteroatoms. The molecule has 2 N–H and O–H groups in total. The van der Waals surface area contributed by atoms with Crippen LogP contribution in [0.4, 0.5) is 10.5 Å². The molecule has 0 unspecified atom stereocenters. The maximum Gasteiger partial charge on any atom is 0.412 e. The minimum absolute atomic E-state index is 0.246. The molecule has 1 heterocycles. The number of rotatable bonds is 3. The minimum atomic E-state index is -0.601. The van der Waals surface area contributed by atoms with Gasteiger partial charge in [-0.05, 0) is 39.0 Å². The van der Waals surface area contributed by atoms with Gasteiger partial charge in [0.05, 0.1) is 23.9 Å². The number of nitrogens with zero attached hydrogens (tertiary/aromatic N) is 1. The van der Waals surface area contributed by atoms with Gasteiger partial charge < -0.3 is 9.47 Å². The summed E-state index contributed by atoms with van der Waals surface area (Å²) in [7, 11) is 1.51. The Bertz CT molecular complexity index is 1050. The fraction of sp³-hybridized carbons (Fsp3) is 0.250. The molecule has 3 aromatic rings. The van der Waals surface area contributed by atoms with Gasteiger partial charge in [-0.3, -0.25) is 10.1 Å². The highest BCUT2D eigenvalue weighted by Gasteiger charge is 2.18. The highest BCUT2D eigenvalue weighted by atomic mass is 16.6. The van der Waals surface area contributed by atoms with E-state index in [1.807, 2.05) is 12.1 Å². The molecule has 0 fully saturated rings. The van der Waals surface area contributed by atoms with Crippen molar-refractivity contribution < 1.29 is 14.3 Å². The summed E-state index contributed by atoms with van der Waals surface area (Å²) in [5.41, 5.74) is 0.992. The Morgan fingerprint density at radius 3 is 2.48 bits per heavy atom. The smallest absolute Gasteiger partial charge is 0.412 e. The first-order valence-corrected chi connectivity index (χ1v) is 8.44. The second-order valence-electron chi connectivity index (χ2n) is 6.99. The number of amides is 1.